The van der Waals surface area contributed by atoms with E-state index in [1.165, 1.54) is 5.56 Å². The Morgan fingerprint density at radius 2 is 2.05 bits per heavy atom. The molecule has 1 aromatic heterocycles. The normalized spacial score (nSPS) is 18.9. The minimum absolute atomic E-state index is 0. The molecule has 116 valence electrons. The SMILES string of the molecule is Cc1cc2cccc(C(O)C3CCCN3)c2nc1C.Cl.Cl. The van der Waals surface area contributed by atoms with Gasteiger partial charge in [0.05, 0.1) is 11.6 Å². The number of pyridine rings is 1. The third-order valence-electron chi connectivity index (χ3n) is 4.12. The van der Waals surface area contributed by atoms with Crippen molar-refractivity contribution >= 4 is 35.7 Å². The van der Waals surface area contributed by atoms with Crippen LogP contribution in [0.25, 0.3) is 10.9 Å². The average Bonchev–Trinajstić information content (AvgIpc) is 2.92. The summed E-state index contributed by atoms with van der Waals surface area (Å²) in [7, 11) is 0. The molecule has 0 bridgehead atoms. The van der Waals surface area contributed by atoms with E-state index in [9.17, 15) is 5.11 Å². The summed E-state index contributed by atoms with van der Waals surface area (Å²) in [5, 5.41) is 15.1. The number of aryl methyl sites for hydroxylation is 2. The number of benzene rings is 1. The van der Waals surface area contributed by atoms with Crippen molar-refractivity contribution in [3.8, 4) is 0 Å². The Hall–Kier alpha value is -0.870. The van der Waals surface area contributed by atoms with Crippen molar-refractivity contribution < 1.29 is 5.11 Å². The van der Waals surface area contributed by atoms with Crippen LogP contribution in [0.5, 0.6) is 0 Å². The van der Waals surface area contributed by atoms with Crippen LogP contribution in [0.4, 0.5) is 0 Å². The number of aliphatic hydroxyl groups is 1. The zero-order chi connectivity index (χ0) is 13.4. The first-order chi connectivity index (χ1) is 9.16. The number of aromatic nitrogens is 1. The van der Waals surface area contributed by atoms with E-state index < -0.39 is 6.10 Å². The first kappa shape index (κ1) is 18.2. The van der Waals surface area contributed by atoms with Crippen molar-refractivity contribution in [3.63, 3.8) is 0 Å². The Bertz CT molecular complexity index is 612. The number of fused-ring (bicyclic) bond motifs is 1. The lowest BCUT2D eigenvalue weighted by Crippen LogP contribution is -2.28. The average molecular weight is 329 g/mol. The number of para-hydroxylation sites is 1. The van der Waals surface area contributed by atoms with E-state index in [2.05, 4.69) is 29.4 Å². The van der Waals surface area contributed by atoms with Gasteiger partial charge in [0.2, 0.25) is 0 Å². The maximum atomic E-state index is 10.6. The van der Waals surface area contributed by atoms with Crippen molar-refractivity contribution in [1.29, 1.82) is 0 Å². The topological polar surface area (TPSA) is 45.1 Å². The maximum Gasteiger partial charge on any atom is 0.0963 e. The molecule has 0 spiro atoms. The van der Waals surface area contributed by atoms with Crippen LogP contribution >= 0.6 is 24.8 Å². The van der Waals surface area contributed by atoms with E-state index in [4.69, 9.17) is 0 Å². The first-order valence-corrected chi connectivity index (χ1v) is 6.95. The Balaban J connectivity index is 0.00000110. The lowest BCUT2D eigenvalue weighted by atomic mass is 9.97. The molecule has 2 atom stereocenters. The van der Waals surface area contributed by atoms with Gasteiger partial charge in [-0.1, -0.05) is 18.2 Å². The third-order valence-corrected chi connectivity index (χ3v) is 4.12. The molecule has 0 aliphatic carbocycles. The van der Waals surface area contributed by atoms with Crippen LogP contribution < -0.4 is 5.32 Å². The molecule has 21 heavy (non-hydrogen) atoms. The van der Waals surface area contributed by atoms with Gasteiger partial charge in [0.25, 0.3) is 0 Å². The molecule has 2 N–H and O–H groups in total. The summed E-state index contributed by atoms with van der Waals surface area (Å²) < 4.78 is 0. The van der Waals surface area contributed by atoms with E-state index in [-0.39, 0.29) is 30.9 Å². The van der Waals surface area contributed by atoms with E-state index in [1.54, 1.807) is 0 Å². The minimum Gasteiger partial charge on any atom is -0.387 e. The number of aliphatic hydroxyl groups excluding tert-OH is 1. The molecule has 2 unspecified atom stereocenters. The number of hydrogen-bond acceptors (Lipinski definition) is 3. The lowest BCUT2D eigenvalue weighted by molar-refractivity contribution is 0.139. The molecule has 1 fully saturated rings. The van der Waals surface area contributed by atoms with Crippen molar-refractivity contribution in [1.82, 2.24) is 10.3 Å². The molecule has 3 nitrogen and oxygen atoms in total. The van der Waals surface area contributed by atoms with Crippen LogP contribution in [0, 0.1) is 13.8 Å². The van der Waals surface area contributed by atoms with Crippen LogP contribution in [0.1, 0.15) is 35.8 Å². The fraction of sp³-hybridized carbons (Fsp3) is 0.438. The molecule has 0 saturated carbocycles. The van der Waals surface area contributed by atoms with Crippen molar-refractivity contribution in [2.75, 3.05) is 6.54 Å². The summed E-state index contributed by atoms with van der Waals surface area (Å²) in [6.45, 7) is 5.09. The smallest absolute Gasteiger partial charge is 0.0963 e. The second-order valence-electron chi connectivity index (χ2n) is 5.46. The van der Waals surface area contributed by atoms with Gasteiger partial charge in [-0.3, -0.25) is 4.98 Å². The molecule has 1 saturated heterocycles. The molecule has 5 heteroatoms. The highest BCUT2D eigenvalue weighted by molar-refractivity contribution is 5.85. The summed E-state index contributed by atoms with van der Waals surface area (Å²) in [4.78, 5) is 4.68. The molecule has 2 aromatic rings. The van der Waals surface area contributed by atoms with Gasteiger partial charge in [0, 0.05) is 22.7 Å². The molecular formula is C16H22Cl2N2O. The predicted octanol–water partition coefficient (Wildman–Crippen LogP) is 3.48. The standard InChI is InChI=1S/C16H20N2O.2ClH/c1-10-9-12-5-3-6-13(15(12)18-11(10)2)16(19)14-7-4-8-17-14;;/h3,5-6,9,14,16-17,19H,4,7-8H2,1-2H3;2*1H. The summed E-state index contributed by atoms with van der Waals surface area (Å²) in [6.07, 6.45) is 1.70. The Morgan fingerprint density at radius 3 is 2.71 bits per heavy atom. The number of nitrogens with zero attached hydrogens (tertiary/aromatic N) is 1. The second-order valence-corrected chi connectivity index (χ2v) is 5.46. The zero-order valence-electron chi connectivity index (χ0n) is 12.3. The van der Waals surface area contributed by atoms with Crippen LogP contribution in [0.3, 0.4) is 0 Å². The van der Waals surface area contributed by atoms with Gasteiger partial charge in [-0.05, 0) is 44.9 Å². The largest absolute Gasteiger partial charge is 0.387 e. The first-order valence-electron chi connectivity index (χ1n) is 6.95. The summed E-state index contributed by atoms with van der Waals surface area (Å²) in [6, 6.07) is 8.37. The summed E-state index contributed by atoms with van der Waals surface area (Å²) in [5.41, 5.74) is 4.11. The Labute approximate surface area is 138 Å². The zero-order valence-corrected chi connectivity index (χ0v) is 13.9. The maximum absolute atomic E-state index is 10.6. The highest BCUT2D eigenvalue weighted by Crippen LogP contribution is 2.29. The summed E-state index contributed by atoms with van der Waals surface area (Å²) in [5.74, 6) is 0. The van der Waals surface area contributed by atoms with Crippen molar-refractivity contribution in [2.45, 2.75) is 38.8 Å². The number of nitrogens with one attached hydrogen (secondary N) is 1. The van der Waals surface area contributed by atoms with E-state index in [1.807, 2.05) is 19.1 Å². The molecule has 0 radical (unpaired) electrons. The van der Waals surface area contributed by atoms with Gasteiger partial charge in [-0.25, -0.2) is 0 Å². The number of rotatable bonds is 2. The molecule has 0 amide bonds. The van der Waals surface area contributed by atoms with Gasteiger partial charge in [0.1, 0.15) is 0 Å². The minimum atomic E-state index is -0.471. The molecule has 1 aliphatic rings. The molecule has 1 aromatic carbocycles. The van der Waals surface area contributed by atoms with Gasteiger partial charge in [-0.2, -0.15) is 0 Å². The molecule has 3 rings (SSSR count). The third kappa shape index (κ3) is 3.49. The van der Waals surface area contributed by atoms with Gasteiger partial charge in [0.15, 0.2) is 0 Å². The van der Waals surface area contributed by atoms with Crippen molar-refractivity contribution in [2.24, 2.45) is 0 Å². The van der Waals surface area contributed by atoms with Crippen molar-refractivity contribution in [3.05, 3.63) is 41.1 Å². The number of hydrogen-bond donors (Lipinski definition) is 2. The lowest BCUT2D eigenvalue weighted by Gasteiger charge is -2.20. The summed E-state index contributed by atoms with van der Waals surface area (Å²) >= 11 is 0. The molecule has 1 aliphatic heterocycles. The van der Waals surface area contributed by atoms with Gasteiger partial charge in [-0.15, -0.1) is 24.8 Å². The van der Waals surface area contributed by atoms with E-state index >= 15 is 0 Å². The van der Waals surface area contributed by atoms with Crippen LogP contribution in [-0.4, -0.2) is 22.7 Å². The molecular weight excluding hydrogens is 307 g/mol. The quantitative estimate of drug-likeness (QED) is 0.887. The Kier molecular flexibility index (Phi) is 6.41. The second kappa shape index (κ2) is 7.41. The van der Waals surface area contributed by atoms with Crippen LogP contribution in [-0.2, 0) is 0 Å². The van der Waals surface area contributed by atoms with Crippen LogP contribution in [0.15, 0.2) is 24.3 Å². The predicted molar refractivity (Wildman–Crippen MR) is 91.7 cm³/mol. The molecule has 2 heterocycles. The van der Waals surface area contributed by atoms with Gasteiger partial charge >= 0.3 is 0 Å². The fourth-order valence-corrected chi connectivity index (χ4v) is 2.86. The Morgan fingerprint density at radius 1 is 1.29 bits per heavy atom. The van der Waals surface area contributed by atoms with Gasteiger partial charge < -0.3 is 10.4 Å². The monoisotopic (exact) mass is 328 g/mol. The van der Waals surface area contributed by atoms with E-state index in [0.717, 1.165) is 41.5 Å². The highest BCUT2D eigenvalue weighted by atomic mass is 35.5. The highest BCUT2D eigenvalue weighted by Gasteiger charge is 2.25. The fourth-order valence-electron chi connectivity index (χ4n) is 2.86. The van der Waals surface area contributed by atoms with E-state index in [0.29, 0.717) is 0 Å². The number of halogens is 2. The van der Waals surface area contributed by atoms with Crippen LogP contribution in [0.2, 0.25) is 0 Å².